The van der Waals surface area contributed by atoms with Crippen LogP contribution in [0.3, 0.4) is 0 Å². The molecule has 0 atom stereocenters. The van der Waals surface area contributed by atoms with E-state index in [2.05, 4.69) is 26.0 Å². The predicted molar refractivity (Wildman–Crippen MR) is 95.7 cm³/mol. The van der Waals surface area contributed by atoms with E-state index in [0.29, 0.717) is 28.6 Å². The Bertz CT molecular complexity index is 665. The highest BCUT2D eigenvalue weighted by molar-refractivity contribution is 8.26. The van der Waals surface area contributed by atoms with Crippen molar-refractivity contribution in [3.8, 4) is 0 Å². The molecule has 0 N–H and O–H groups in total. The van der Waals surface area contributed by atoms with Crippen molar-refractivity contribution < 1.29 is 9.59 Å². The van der Waals surface area contributed by atoms with E-state index < -0.39 is 0 Å². The number of Topliss-reactive ketones (excluding diaryl/α,β-unsaturated/α-hetero) is 1. The third-order valence-electron chi connectivity index (χ3n) is 3.61. The van der Waals surface area contributed by atoms with Gasteiger partial charge in [0.2, 0.25) is 0 Å². The minimum Gasteiger partial charge on any atom is -0.300 e. The van der Waals surface area contributed by atoms with Gasteiger partial charge < -0.3 is 4.79 Å². The van der Waals surface area contributed by atoms with Gasteiger partial charge in [-0.15, -0.1) is 0 Å². The number of thiocarbonyl (C=S) groups is 1. The van der Waals surface area contributed by atoms with Crippen molar-refractivity contribution in [3.63, 3.8) is 0 Å². The first-order valence-corrected chi connectivity index (χ1v) is 8.43. The van der Waals surface area contributed by atoms with Crippen LogP contribution in [0.15, 0.2) is 23.1 Å². The minimum atomic E-state index is -0.0585. The molecule has 1 aliphatic rings. The highest BCUT2D eigenvalue weighted by atomic mass is 32.2. The fourth-order valence-electron chi connectivity index (χ4n) is 2.18. The van der Waals surface area contributed by atoms with Gasteiger partial charge in [-0.2, -0.15) is 0 Å². The molecule has 22 heavy (non-hydrogen) atoms. The highest BCUT2D eigenvalue weighted by Gasteiger charge is 2.31. The van der Waals surface area contributed by atoms with Gasteiger partial charge in [0.05, 0.1) is 4.91 Å². The van der Waals surface area contributed by atoms with Crippen molar-refractivity contribution in [2.75, 3.05) is 6.54 Å². The number of ketones is 1. The molecule has 0 aliphatic carbocycles. The fourth-order valence-corrected chi connectivity index (χ4v) is 3.49. The number of amides is 1. The Morgan fingerprint density at radius 1 is 1.32 bits per heavy atom. The van der Waals surface area contributed by atoms with Gasteiger partial charge in [0, 0.05) is 13.0 Å². The molecule has 0 unspecified atom stereocenters. The van der Waals surface area contributed by atoms with Crippen molar-refractivity contribution >= 4 is 46.1 Å². The lowest BCUT2D eigenvalue weighted by molar-refractivity contribution is -0.123. The van der Waals surface area contributed by atoms with Crippen LogP contribution in [0, 0.1) is 13.8 Å². The number of carbonyl (C=O) groups is 2. The summed E-state index contributed by atoms with van der Waals surface area (Å²) < 4.78 is 0.573. The molecule has 1 aromatic carbocycles. The molecule has 0 spiro atoms. The Kier molecular flexibility index (Phi) is 5.53. The van der Waals surface area contributed by atoms with Crippen molar-refractivity contribution in [2.24, 2.45) is 0 Å². The molecule has 1 amide bonds. The molecule has 1 heterocycles. The standard InChI is InChI=1S/C17H19NO2S2/c1-11-6-7-14(9-12(11)2)10-15-16(20)18(17(21)22-15)8-4-5-13(3)19/h6-7,9-10H,4-5,8H2,1-3H3/b15-10-. The van der Waals surface area contributed by atoms with Gasteiger partial charge in [-0.05, 0) is 50.0 Å². The maximum Gasteiger partial charge on any atom is 0.266 e. The smallest absolute Gasteiger partial charge is 0.266 e. The number of rotatable bonds is 5. The van der Waals surface area contributed by atoms with Crippen LogP contribution in [0.25, 0.3) is 6.08 Å². The number of carbonyl (C=O) groups excluding carboxylic acids is 2. The van der Waals surface area contributed by atoms with Crippen LogP contribution >= 0.6 is 24.0 Å². The molecule has 116 valence electrons. The summed E-state index contributed by atoms with van der Waals surface area (Å²) in [5.41, 5.74) is 3.44. The van der Waals surface area contributed by atoms with E-state index in [-0.39, 0.29) is 11.7 Å². The lowest BCUT2D eigenvalue weighted by Gasteiger charge is -2.13. The molecule has 0 radical (unpaired) electrons. The van der Waals surface area contributed by atoms with Gasteiger partial charge >= 0.3 is 0 Å². The number of hydrogen-bond acceptors (Lipinski definition) is 4. The monoisotopic (exact) mass is 333 g/mol. The lowest BCUT2D eigenvalue weighted by Crippen LogP contribution is -2.29. The third kappa shape index (κ3) is 4.05. The zero-order chi connectivity index (χ0) is 16.3. The number of aryl methyl sites for hydroxylation is 2. The van der Waals surface area contributed by atoms with Crippen LogP contribution < -0.4 is 0 Å². The average molecular weight is 333 g/mol. The van der Waals surface area contributed by atoms with Crippen molar-refractivity contribution in [3.05, 3.63) is 39.8 Å². The number of hydrogen-bond donors (Lipinski definition) is 0. The van der Waals surface area contributed by atoms with E-state index in [1.165, 1.54) is 22.9 Å². The molecule has 2 rings (SSSR count). The zero-order valence-electron chi connectivity index (χ0n) is 13.0. The first kappa shape index (κ1) is 16.9. The molecule has 1 aliphatic heterocycles. The maximum absolute atomic E-state index is 12.4. The molecule has 0 aromatic heterocycles. The van der Waals surface area contributed by atoms with E-state index in [0.717, 1.165) is 5.56 Å². The Morgan fingerprint density at radius 2 is 2.05 bits per heavy atom. The lowest BCUT2D eigenvalue weighted by atomic mass is 10.1. The average Bonchev–Trinajstić information content (AvgIpc) is 2.70. The second kappa shape index (κ2) is 7.20. The Balaban J connectivity index is 2.11. The van der Waals surface area contributed by atoms with Crippen LogP contribution in [0.4, 0.5) is 0 Å². The van der Waals surface area contributed by atoms with Crippen LogP contribution in [0.5, 0.6) is 0 Å². The van der Waals surface area contributed by atoms with Gasteiger partial charge in [-0.3, -0.25) is 9.69 Å². The molecular formula is C17H19NO2S2. The number of benzene rings is 1. The van der Waals surface area contributed by atoms with Crippen LogP contribution in [-0.4, -0.2) is 27.5 Å². The molecule has 1 fully saturated rings. The van der Waals surface area contributed by atoms with Crippen molar-refractivity contribution in [1.29, 1.82) is 0 Å². The molecule has 1 saturated heterocycles. The molecule has 5 heteroatoms. The third-order valence-corrected chi connectivity index (χ3v) is 4.99. The van der Waals surface area contributed by atoms with Crippen LogP contribution in [-0.2, 0) is 9.59 Å². The van der Waals surface area contributed by atoms with Gasteiger partial charge in [0.1, 0.15) is 10.1 Å². The highest BCUT2D eigenvalue weighted by Crippen LogP contribution is 2.32. The van der Waals surface area contributed by atoms with E-state index in [1.807, 2.05) is 12.1 Å². The second-order valence-corrected chi connectivity index (χ2v) is 7.16. The SMILES string of the molecule is CC(=O)CCCN1C(=O)/C(=C/c2ccc(C)c(C)c2)SC1=S. The summed E-state index contributed by atoms with van der Waals surface area (Å²) in [7, 11) is 0. The summed E-state index contributed by atoms with van der Waals surface area (Å²) in [6.45, 7) is 6.19. The van der Waals surface area contributed by atoms with Crippen molar-refractivity contribution in [2.45, 2.75) is 33.6 Å². The van der Waals surface area contributed by atoms with Gasteiger partial charge in [-0.25, -0.2) is 0 Å². The first-order valence-electron chi connectivity index (χ1n) is 7.20. The summed E-state index contributed by atoms with van der Waals surface area (Å²) in [5, 5.41) is 0. The summed E-state index contributed by atoms with van der Waals surface area (Å²) in [4.78, 5) is 25.6. The Morgan fingerprint density at radius 3 is 2.68 bits per heavy atom. The van der Waals surface area contributed by atoms with Crippen LogP contribution in [0.1, 0.15) is 36.5 Å². The quantitative estimate of drug-likeness (QED) is 0.605. The zero-order valence-corrected chi connectivity index (χ0v) is 14.6. The largest absolute Gasteiger partial charge is 0.300 e. The summed E-state index contributed by atoms with van der Waals surface area (Å²) in [5.74, 6) is 0.0768. The fraction of sp³-hybridized carbons (Fsp3) is 0.353. The number of nitrogens with zero attached hydrogens (tertiary/aromatic N) is 1. The molecule has 1 aromatic rings. The summed E-state index contributed by atoms with van der Waals surface area (Å²) in [6.07, 6.45) is 3.02. The maximum atomic E-state index is 12.4. The summed E-state index contributed by atoms with van der Waals surface area (Å²) in [6, 6.07) is 6.12. The summed E-state index contributed by atoms with van der Waals surface area (Å²) >= 11 is 6.61. The first-order chi connectivity index (χ1) is 10.4. The van der Waals surface area contributed by atoms with Gasteiger partial charge in [-0.1, -0.05) is 42.2 Å². The van der Waals surface area contributed by atoms with E-state index >= 15 is 0 Å². The minimum absolute atomic E-state index is 0.0585. The topological polar surface area (TPSA) is 37.4 Å². The van der Waals surface area contributed by atoms with E-state index in [9.17, 15) is 9.59 Å². The van der Waals surface area contributed by atoms with Crippen LogP contribution in [0.2, 0.25) is 0 Å². The Labute approximate surface area is 140 Å². The molecular weight excluding hydrogens is 314 g/mol. The van der Waals surface area contributed by atoms with E-state index in [1.54, 1.807) is 11.8 Å². The second-order valence-electron chi connectivity index (χ2n) is 5.48. The molecule has 0 saturated carbocycles. The molecule has 0 bridgehead atoms. The Hall–Kier alpha value is -1.46. The predicted octanol–water partition coefficient (Wildman–Crippen LogP) is 3.87. The van der Waals surface area contributed by atoms with Gasteiger partial charge in [0.25, 0.3) is 5.91 Å². The molecule has 3 nitrogen and oxygen atoms in total. The van der Waals surface area contributed by atoms with Gasteiger partial charge in [0.15, 0.2) is 0 Å². The van der Waals surface area contributed by atoms with Crippen molar-refractivity contribution in [1.82, 2.24) is 4.90 Å². The normalized spacial score (nSPS) is 16.7. The number of thioether (sulfide) groups is 1. The van der Waals surface area contributed by atoms with E-state index in [4.69, 9.17) is 12.2 Å².